The third-order valence-electron chi connectivity index (χ3n) is 3.96. The van der Waals surface area contributed by atoms with Gasteiger partial charge in [0.25, 0.3) is 0 Å². The van der Waals surface area contributed by atoms with Gasteiger partial charge in [-0.25, -0.2) is 4.98 Å². The average Bonchev–Trinajstić information content (AvgIpc) is 3.24. The number of rotatable bonds is 7. The van der Waals surface area contributed by atoms with Crippen LogP contribution in [-0.2, 0) is 6.61 Å². The molecule has 0 saturated heterocycles. The zero-order chi connectivity index (χ0) is 14.7. The fraction of sp³-hybridized carbons (Fsp3) is 0.471. The molecule has 4 nitrogen and oxygen atoms in total. The van der Waals surface area contributed by atoms with Gasteiger partial charge in [0.05, 0.1) is 18.2 Å². The van der Waals surface area contributed by atoms with E-state index in [-0.39, 0.29) is 0 Å². The Balaban J connectivity index is 1.71. The largest absolute Gasteiger partial charge is 0.487 e. The monoisotopic (exact) mass is 285 g/mol. The standard InChI is InChI=1S/C17H23N3O/c1-3-19-13(2)16-6-4-5-7-17(16)21-11-15-10-18-12-20(15)14-8-9-14/h4-7,10,12-14,19H,3,8-9,11H2,1-2H3. The van der Waals surface area contributed by atoms with Gasteiger partial charge in [0.15, 0.2) is 0 Å². The van der Waals surface area contributed by atoms with Crippen molar-refractivity contribution in [1.29, 1.82) is 0 Å². The minimum atomic E-state index is 0.291. The molecule has 1 aliphatic rings. The highest BCUT2D eigenvalue weighted by molar-refractivity contribution is 5.35. The summed E-state index contributed by atoms with van der Waals surface area (Å²) in [4.78, 5) is 4.25. The van der Waals surface area contributed by atoms with Crippen LogP contribution in [-0.4, -0.2) is 16.1 Å². The van der Waals surface area contributed by atoms with Gasteiger partial charge in [0.1, 0.15) is 12.4 Å². The van der Waals surface area contributed by atoms with Gasteiger partial charge in [0.2, 0.25) is 0 Å². The third-order valence-corrected chi connectivity index (χ3v) is 3.96. The molecule has 2 aromatic rings. The Labute approximate surface area is 126 Å². The van der Waals surface area contributed by atoms with Gasteiger partial charge in [-0.3, -0.25) is 0 Å². The van der Waals surface area contributed by atoms with Gasteiger partial charge in [-0.1, -0.05) is 25.1 Å². The molecule has 1 unspecified atom stereocenters. The van der Waals surface area contributed by atoms with Crippen molar-refractivity contribution < 1.29 is 4.74 Å². The molecule has 1 aromatic carbocycles. The molecular formula is C17H23N3O. The van der Waals surface area contributed by atoms with Gasteiger partial charge < -0.3 is 14.6 Å². The molecule has 0 radical (unpaired) electrons. The zero-order valence-electron chi connectivity index (χ0n) is 12.7. The number of hydrogen-bond donors (Lipinski definition) is 1. The van der Waals surface area contributed by atoms with Crippen LogP contribution in [0.15, 0.2) is 36.8 Å². The van der Waals surface area contributed by atoms with Crippen molar-refractivity contribution in [2.75, 3.05) is 6.54 Å². The van der Waals surface area contributed by atoms with Gasteiger partial charge in [-0.15, -0.1) is 0 Å². The summed E-state index contributed by atoms with van der Waals surface area (Å²) in [6, 6.07) is 9.18. The topological polar surface area (TPSA) is 39.1 Å². The predicted molar refractivity (Wildman–Crippen MR) is 83.4 cm³/mol. The van der Waals surface area contributed by atoms with E-state index in [2.05, 4.69) is 40.8 Å². The molecular weight excluding hydrogens is 262 g/mol. The Morgan fingerprint density at radius 1 is 1.38 bits per heavy atom. The van der Waals surface area contributed by atoms with Crippen LogP contribution in [0.3, 0.4) is 0 Å². The van der Waals surface area contributed by atoms with E-state index in [1.54, 1.807) is 0 Å². The van der Waals surface area contributed by atoms with Crippen molar-refractivity contribution in [2.45, 2.75) is 45.4 Å². The lowest BCUT2D eigenvalue weighted by Crippen LogP contribution is -2.18. The first kappa shape index (κ1) is 14.1. The molecule has 0 amide bonds. The summed E-state index contributed by atoms with van der Waals surface area (Å²) in [5.74, 6) is 0.953. The van der Waals surface area contributed by atoms with E-state index in [0.29, 0.717) is 18.7 Å². The third kappa shape index (κ3) is 3.27. The van der Waals surface area contributed by atoms with Crippen LogP contribution in [0.2, 0.25) is 0 Å². The SMILES string of the molecule is CCNC(C)c1ccccc1OCc1cncn1C1CC1. The fourth-order valence-corrected chi connectivity index (χ4v) is 2.66. The number of aromatic nitrogens is 2. The number of nitrogens with one attached hydrogen (secondary N) is 1. The summed E-state index contributed by atoms with van der Waals surface area (Å²) in [6.45, 7) is 5.81. The minimum absolute atomic E-state index is 0.291. The smallest absolute Gasteiger partial charge is 0.130 e. The summed E-state index contributed by atoms with van der Waals surface area (Å²) < 4.78 is 8.31. The molecule has 21 heavy (non-hydrogen) atoms. The lowest BCUT2D eigenvalue weighted by molar-refractivity contribution is 0.289. The van der Waals surface area contributed by atoms with Gasteiger partial charge in [-0.2, -0.15) is 0 Å². The quantitative estimate of drug-likeness (QED) is 0.846. The number of nitrogens with zero attached hydrogens (tertiary/aromatic N) is 2. The van der Waals surface area contributed by atoms with Crippen LogP contribution in [0.1, 0.15) is 50.0 Å². The van der Waals surface area contributed by atoms with E-state index in [0.717, 1.165) is 18.0 Å². The van der Waals surface area contributed by atoms with Gasteiger partial charge in [-0.05, 0) is 32.4 Å². The van der Waals surface area contributed by atoms with E-state index < -0.39 is 0 Å². The lowest BCUT2D eigenvalue weighted by Gasteiger charge is -2.18. The van der Waals surface area contributed by atoms with E-state index in [4.69, 9.17) is 4.74 Å². The Morgan fingerprint density at radius 2 is 2.19 bits per heavy atom. The van der Waals surface area contributed by atoms with Crippen molar-refractivity contribution in [3.63, 3.8) is 0 Å². The van der Waals surface area contributed by atoms with Crippen molar-refractivity contribution in [3.05, 3.63) is 48.0 Å². The molecule has 1 aliphatic carbocycles. The van der Waals surface area contributed by atoms with E-state index in [1.165, 1.54) is 18.4 Å². The molecule has 112 valence electrons. The second-order valence-corrected chi connectivity index (χ2v) is 5.63. The molecule has 0 aliphatic heterocycles. The summed E-state index contributed by atoms with van der Waals surface area (Å²) in [5, 5.41) is 3.44. The van der Waals surface area contributed by atoms with Crippen molar-refractivity contribution in [1.82, 2.24) is 14.9 Å². The molecule has 3 rings (SSSR count). The van der Waals surface area contributed by atoms with Crippen LogP contribution in [0.5, 0.6) is 5.75 Å². The molecule has 0 bridgehead atoms. The highest BCUT2D eigenvalue weighted by Gasteiger charge is 2.25. The van der Waals surface area contributed by atoms with E-state index in [1.807, 2.05) is 24.7 Å². The summed E-state index contributed by atoms with van der Waals surface area (Å²) in [5.41, 5.74) is 2.36. The number of para-hydroxylation sites is 1. The lowest BCUT2D eigenvalue weighted by atomic mass is 10.1. The Hall–Kier alpha value is -1.81. The molecule has 4 heteroatoms. The Bertz CT molecular complexity index is 589. The predicted octanol–water partition coefficient (Wildman–Crippen LogP) is 3.47. The molecule has 1 fully saturated rings. The fourth-order valence-electron chi connectivity index (χ4n) is 2.66. The zero-order valence-corrected chi connectivity index (χ0v) is 12.7. The minimum Gasteiger partial charge on any atom is -0.487 e. The maximum Gasteiger partial charge on any atom is 0.130 e. The van der Waals surface area contributed by atoms with Crippen LogP contribution >= 0.6 is 0 Å². The second-order valence-electron chi connectivity index (χ2n) is 5.63. The van der Waals surface area contributed by atoms with Crippen LogP contribution < -0.4 is 10.1 Å². The van der Waals surface area contributed by atoms with Crippen LogP contribution in [0, 0.1) is 0 Å². The van der Waals surface area contributed by atoms with E-state index in [9.17, 15) is 0 Å². The summed E-state index contributed by atoms with van der Waals surface area (Å²) >= 11 is 0. The van der Waals surface area contributed by atoms with Crippen molar-refractivity contribution >= 4 is 0 Å². The first-order valence-corrected chi connectivity index (χ1v) is 7.75. The molecule has 1 saturated carbocycles. The summed E-state index contributed by atoms with van der Waals surface area (Å²) in [7, 11) is 0. The first-order valence-electron chi connectivity index (χ1n) is 7.75. The Morgan fingerprint density at radius 3 is 2.95 bits per heavy atom. The number of imidazole rings is 1. The number of benzene rings is 1. The molecule has 1 heterocycles. The van der Waals surface area contributed by atoms with Crippen LogP contribution in [0.25, 0.3) is 0 Å². The van der Waals surface area contributed by atoms with E-state index >= 15 is 0 Å². The molecule has 1 atom stereocenters. The molecule has 0 spiro atoms. The van der Waals surface area contributed by atoms with Crippen LogP contribution in [0.4, 0.5) is 0 Å². The normalized spacial score (nSPS) is 15.9. The summed E-state index contributed by atoms with van der Waals surface area (Å²) in [6.07, 6.45) is 6.35. The van der Waals surface area contributed by atoms with Gasteiger partial charge in [0, 0.05) is 17.6 Å². The second kappa shape index (κ2) is 6.31. The highest BCUT2D eigenvalue weighted by Crippen LogP contribution is 2.36. The Kier molecular flexibility index (Phi) is 4.25. The number of ether oxygens (including phenoxy) is 1. The first-order chi connectivity index (χ1) is 10.3. The molecule has 1 N–H and O–H groups in total. The van der Waals surface area contributed by atoms with Crippen molar-refractivity contribution in [2.24, 2.45) is 0 Å². The average molecular weight is 285 g/mol. The van der Waals surface area contributed by atoms with Gasteiger partial charge >= 0.3 is 0 Å². The highest BCUT2D eigenvalue weighted by atomic mass is 16.5. The molecule has 1 aromatic heterocycles. The maximum atomic E-state index is 6.07. The maximum absolute atomic E-state index is 6.07. The number of hydrogen-bond acceptors (Lipinski definition) is 3. The van der Waals surface area contributed by atoms with Crippen molar-refractivity contribution in [3.8, 4) is 5.75 Å².